The zero-order valence-corrected chi connectivity index (χ0v) is 21.3. The summed E-state index contributed by atoms with van der Waals surface area (Å²) in [4.78, 5) is 12.1. The fourth-order valence-corrected chi connectivity index (χ4v) is 8.97. The number of carbonyl (C=O) groups is 1. The zero-order valence-electron chi connectivity index (χ0n) is 21.3. The molecule has 0 aromatic heterocycles. The molecule has 1 heteroatoms. The standard InChI is InChI=1S/C30H48O/c1-7-30(8-2,9-3)19-14-21(4)25-12-13-26-24-11-10-22-20-23(31)15-17-28(22,5)27(24)16-18-29(25,26)6/h10,14,19,21,24-27H,7-9,11-13,15-18,20H2,1-6H3/b19-14+/t21-,24+,25-,26+,27+,28+,29-/m1/s1. The average Bonchev–Trinajstić information content (AvgIpc) is 3.13. The van der Waals surface area contributed by atoms with Crippen molar-refractivity contribution in [2.24, 2.45) is 45.8 Å². The molecule has 31 heavy (non-hydrogen) atoms. The van der Waals surface area contributed by atoms with Gasteiger partial charge in [0.1, 0.15) is 5.78 Å². The van der Waals surface area contributed by atoms with Crippen molar-refractivity contribution in [3.63, 3.8) is 0 Å². The predicted molar refractivity (Wildman–Crippen MR) is 132 cm³/mol. The SMILES string of the molecule is CCC(/C=C/[C@@H](C)[C@H]1CC[C@H]2[C@@H]3CC=C4CC(=O)CC[C@]4(C)[C@H]3CC[C@]12C)(CC)CC. The van der Waals surface area contributed by atoms with E-state index in [0.717, 1.165) is 42.9 Å². The lowest BCUT2D eigenvalue weighted by Gasteiger charge is -2.57. The lowest BCUT2D eigenvalue weighted by molar-refractivity contribution is -0.122. The summed E-state index contributed by atoms with van der Waals surface area (Å²) in [5.41, 5.74) is 2.73. The van der Waals surface area contributed by atoms with E-state index in [-0.39, 0.29) is 0 Å². The van der Waals surface area contributed by atoms with Gasteiger partial charge in [-0.05, 0) is 104 Å². The fraction of sp³-hybridized carbons (Fsp3) is 0.833. The van der Waals surface area contributed by atoms with Crippen LogP contribution in [0.3, 0.4) is 0 Å². The minimum absolute atomic E-state index is 0.310. The molecule has 0 aromatic rings. The van der Waals surface area contributed by atoms with E-state index in [1.165, 1.54) is 56.9 Å². The Morgan fingerprint density at radius 1 is 1.06 bits per heavy atom. The van der Waals surface area contributed by atoms with Gasteiger partial charge in [-0.2, -0.15) is 0 Å². The highest BCUT2D eigenvalue weighted by molar-refractivity contribution is 5.82. The maximum Gasteiger partial charge on any atom is 0.136 e. The van der Waals surface area contributed by atoms with Gasteiger partial charge in [-0.1, -0.05) is 65.3 Å². The van der Waals surface area contributed by atoms with Crippen molar-refractivity contribution in [2.75, 3.05) is 0 Å². The fourth-order valence-electron chi connectivity index (χ4n) is 8.97. The lowest BCUT2D eigenvalue weighted by Crippen LogP contribution is -2.50. The highest BCUT2D eigenvalue weighted by atomic mass is 16.1. The molecular formula is C30H48O. The molecule has 3 saturated carbocycles. The smallest absolute Gasteiger partial charge is 0.136 e. The summed E-state index contributed by atoms with van der Waals surface area (Å²) in [6, 6.07) is 0. The molecule has 1 nitrogen and oxygen atoms in total. The summed E-state index contributed by atoms with van der Waals surface area (Å²) in [6.45, 7) is 14.8. The third-order valence-electron chi connectivity index (χ3n) is 11.5. The first-order chi connectivity index (χ1) is 14.7. The van der Waals surface area contributed by atoms with Gasteiger partial charge >= 0.3 is 0 Å². The van der Waals surface area contributed by atoms with Crippen LogP contribution in [-0.4, -0.2) is 5.78 Å². The number of ketones is 1. The molecule has 3 fully saturated rings. The van der Waals surface area contributed by atoms with Crippen molar-refractivity contribution >= 4 is 5.78 Å². The molecule has 4 aliphatic rings. The number of fused-ring (bicyclic) bond motifs is 5. The Morgan fingerprint density at radius 3 is 2.45 bits per heavy atom. The van der Waals surface area contributed by atoms with Gasteiger partial charge in [-0.15, -0.1) is 0 Å². The van der Waals surface area contributed by atoms with Crippen molar-refractivity contribution < 1.29 is 4.79 Å². The van der Waals surface area contributed by atoms with Crippen molar-refractivity contribution in [3.8, 4) is 0 Å². The molecule has 0 radical (unpaired) electrons. The van der Waals surface area contributed by atoms with Gasteiger partial charge in [0.05, 0.1) is 0 Å². The highest BCUT2D eigenvalue weighted by Crippen LogP contribution is 2.67. The van der Waals surface area contributed by atoms with Crippen LogP contribution in [0.5, 0.6) is 0 Å². The average molecular weight is 425 g/mol. The molecule has 0 amide bonds. The van der Waals surface area contributed by atoms with Gasteiger partial charge < -0.3 is 0 Å². The minimum atomic E-state index is 0.310. The van der Waals surface area contributed by atoms with Crippen LogP contribution in [0.15, 0.2) is 23.8 Å². The lowest BCUT2D eigenvalue weighted by atomic mass is 9.47. The molecule has 0 bridgehead atoms. The first kappa shape index (κ1) is 23.3. The molecule has 0 spiro atoms. The Bertz CT molecular complexity index is 731. The van der Waals surface area contributed by atoms with E-state index in [4.69, 9.17) is 0 Å². The maximum absolute atomic E-state index is 12.1. The summed E-state index contributed by atoms with van der Waals surface area (Å²) in [6.07, 6.45) is 21.1. The predicted octanol–water partition coefficient (Wildman–Crippen LogP) is 8.54. The van der Waals surface area contributed by atoms with Crippen LogP contribution in [0.1, 0.15) is 112 Å². The Kier molecular flexibility index (Phi) is 6.39. The van der Waals surface area contributed by atoms with Gasteiger partial charge in [0.15, 0.2) is 0 Å². The first-order valence-corrected chi connectivity index (χ1v) is 13.6. The quantitative estimate of drug-likeness (QED) is 0.390. The molecule has 174 valence electrons. The van der Waals surface area contributed by atoms with Gasteiger partial charge in [-0.3, -0.25) is 4.79 Å². The molecule has 4 rings (SSSR count). The second-order valence-electron chi connectivity index (χ2n) is 12.3. The van der Waals surface area contributed by atoms with E-state index >= 15 is 0 Å². The molecular weight excluding hydrogens is 376 g/mol. The van der Waals surface area contributed by atoms with Crippen LogP contribution in [0.25, 0.3) is 0 Å². The van der Waals surface area contributed by atoms with Crippen molar-refractivity contribution in [1.29, 1.82) is 0 Å². The van der Waals surface area contributed by atoms with Gasteiger partial charge in [0.25, 0.3) is 0 Å². The molecule has 4 aliphatic carbocycles. The van der Waals surface area contributed by atoms with Crippen LogP contribution in [0.2, 0.25) is 0 Å². The molecule has 0 aromatic carbocycles. The zero-order chi connectivity index (χ0) is 22.4. The first-order valence-electron chi connectivity index (χ1n) is 13.6. The monoisotopic (exact) mass is 424 g/mol. The van der Waals surface area contributed by atoms with Gasteiger partial charge in [-0.25, -0.2) is 0 Å². The Labute approximate surface area is 192 Å². The van der Waals surface area contributed by atoms with E-state index < -0.39 is 0 Å². The normalized spacial score (nSPS) is 41.5. The van der Waals surface area contributed by atoms with Crippen LogP contribution < -0.4 is 0 Å². The maximum atomic E-state index is 12.1. The van der Waals surface area contributed by atoms with Crippen LogP contribution >= 0.6 is 0 Å². The van der Waals surface area contributed by atoms with E-state index in [1.807, 2.05) is 0 Å². The van der Waals surface area contributed by atoms with Crippen LogP contribution in [0, 0.1) is 45.8 Å². The van der Waals surface area contributed by atoms with E-state index in [1.54, 1.807) is 0 Å². The van der Waals surface area contributed by atoms with E-state index in [9.17, 15) is 4.79 Å². The summed E-state index contributed by atoms with van der Waals surface area (Å²) in [5, 5.41) is 0. The number of hydrogen-bond donors (Lipinski definition) is 0. The van der Waals surface area contributed by atoms with Crippen molar-refractivity contribution in [3.05, 3.63) is 23.8 Å². The Hall–Kier alpha value is -0.850. The largest absolute Gasteiger partial charge is 0.299 e. The molecule has 0 N–H and O–H groups in total. The molecule has 7 atom stereocenters. The number of allylic oxidation sites excluding steroid dienone is 4. The number of hydrogen-bond acceptors (Lipinski definition) is 1. The summed E-state index contributed by atoms with van der Waals surface area (Å²) in [7, 11) is 0. The topological polar surface area (TPSA) is 17.1 Å². The second-order valence-corrected chi connectivity index (χ2v) is 12.3. The number of rotatable bonds is 6. The molecule has 0 heterocycles. The van der Waals surface area contributed by atoms with Gasteiger partial charge in [0.2, 0.25) is 0 Å². The van der Waals surface area contributed by atoms with Crippen molar-refractivity contribution in [2.45, 2.75) is 112 Å². The highest BCUT2D eigenvalue weighted by Gasteiger charge is 2.59. The number of carbonyl (C=O) groups excluding carboxylic acids is 1. The summed E-state index contributed by atoms with van der Waals surface area (Å²) >= 11 is 0. The second kappa shape index (κ2) is 8.49. The Balaban J connectivity index is 1.54. The Morgan fingerprint density at radius 2 is 1.77 bits per heavy atom. The van der Waals surface area contributed by atoms with Gasteiger partial charge in [0, 0.05) is 12.8 Å². The third kappa shape index (κ3) is 3.71. The van der Waals surface area contributed by atoms with Crippen LogP contribution in [-0.2, 0) is 4.79 Å². The number of Topliss-reactive ketones (excluding diaryl/α,β-unsaturated/α-hetero) is 1. The van der Waals surface area contributed by atoms with E-state index in [2.05, 4.69) is 59.8 Å². The van der Waals surface area contributed by atoms with E-state index in [0.29, 0.717) is 27.9 Å². The summed E-state index contributed by atoms with van der Waals surface area (Å²) in [5.74, 6) is 4.55. The van der Waals surface area contributed by atoms with Crippen molar-refractivity contribution in [1.82, 2.24) is 0 Å². The minimum Gasteiger partial charge on any atom is -0.299 e. The summed E-state index contributed by atoms with van der Waals surface area (Å²) < 4.78 is 0. The van der Waals surface area contributed by atoms with Crippen LogP contribution in [0.4, 0.5) is 0 Å². The molecule has 0 unspecified atom stereocenters. The molecule has 0 aliphatic heterocycles. The third-order valence-corrected chi connectivity index (χ3v) is 11.5. The molecule has 0 saturated heterocycles.